The molecular weight excluding hydrogens is 378 g/mol. The molecule has 28 heavy (non-hydrogen) atoms. The van der Waals surface area contributed by atoms with E-state index in [0.717, 1.165) is 41.7 Å². The van der Waals surface area contributed by atoms with Crippen LogP contribution in [-0.4, -0.2) is 31.1 Å². The third-order valence-electron chi connectivity index (χ3n) is 4.49. The van der Waals surface area contributed by atoms with Gasteiger partial charge in [-0.3, -0.25) is 4.79 Å². The first-order chi connectivity index (χ1) is 13.5. The third kappa shape index (κ3) is 4.59. The molecule has 0 fully saturated rings. The number of carbonyl (C=O) groups is 3. The van der Waals surface area contributed by atoms with Crippen LogP contribution in [0.4, 0.5) is 5.00 Å². The van der Waals surface area contributed by atoms with Gasteiger partial charge in [0.25, 0.3) is 5.91 Å². The van der Waals surface area contributed by atoms with Crippen LogP contribution in [0.3, 0.4) is 0 Å². The third-order valence-corrected chi connectivity index (χ3v) is 5.70. The van der Waals surface area contributed by atoms with Crippen molar-refractivity contribution in [3.8, 4) is 0 Å². The molecule has 1 amide bonds. The molecule has 1 aromatic carbocycles. The normalized spacial score (nSPS) is 12.8. The topological polar surface area (TPSA) is 81.7 Å². The van der Waals surface area contributed by atoms with Crippen LogP contribution in [0.5, 0.6) is 0 Å². The first-order valence-electron chi connectivity index (χ1n) is 9.35. The fraction of sp³-hybridized carbons (Fsp3) is 0.381. The number of aryl methyl sites for hydroxylation is 2. The number of esters is 2. The maximum atomic E-state index is 12.4. The fourth-order valence-electron chi connectivity index (χ4n) is 3.22. The molecule has 0 bridgehead atoms. The molecule has 0 spiro atoms. The Hall–Kier alpha value is -2.67. The van der Waals surface area contributed by atoms with Crippen molar-refractivity contribution >= 4 is 34.2 Å². The average Bonchev–Trinajstić information content (AvgIpc) is 3.04. The summed E-state index contributed by atoms with van der Waals surface area (Å²) < 4.78 is 10.3. The van der Waals surface area contributed by atoms with Gasteiger partial charge >= 0.3 is 11.9 Å². The van der Waals surface area contributed by atoms with Gasteiger partial charge in [-0.05, 0) is 57.2 Å². The highest BCUT2D eigenvalue weighted by atomic mass is 32.1. The maximum Gasteiger partial charge on any atom is 0.341 e. The molecule has 1 heterocycles. The van der Waals surface area contributed by atoms with Gasteiger partial charge in [-0.25, -0.2) is 9.59 Å². The van der Waals surface area contributed by atoms with Crippen LogP contribution in [0.25, 0.3) is 0 Å². The Balaban J connectivity index is 1.69. The molecule has 1 aromatic heterocycles. The van der Waals surface area contributed by atoms with E-state index in [2.05, 4.69) is 5.32 Å². The number of benzene rings is 1. The molecule has 1 aliphatic rings. The van der Waals surface area contributed by atoms with Crippen molar-refractivity contribution in [2.75, 3.05) is 18.5 Å². The van der Waals surface area contributed by atoms with E-state index < -0.39 is 24.5 Å². The van der Waals surface area contributed by atoms with Gasteiger partial charge in [0.2, 0.25) is 0 Å². The van der Waals surface area contributed by atoms with Crippen molar-refractivity contribution in [3.63, 3.8) is 0 Å². The van der Waals surface area contributed by atoms with Gasteiger partial charge in [0.15, 0.2) is 6.61 Å². The molecule has 1 aliphatic carbocycles. The number of hydrogen-bond acceptors (Lipinski definition) is 6. The average molecular weight is 401 g/mol. The predicted octanol–water partition coefficient (Wildman–Crippen LogP) is 3.91. The largest absolute Gasteiger partial charge is 0.462 e. The van der Waals surface area contributed by atoms with Crippen LogP contribution >= 0.6 is 11.3 Å². The zero-order valence-electron chi connectivity index (χ0n) is 16.0. The second-order valence-corrected chi connectivity index (χ2v) is 7.73. The molecule has 148 valence electrons. The van der Waals surface area contributed by atoms with E-state index in [9.17, 15) is 14.4 Å². The Morgan fingerprint density at radius 3 is 2.64 bits per heavy atom. The van der Waals surface area contributed by atoms with Gasteiger partial charge in [0.05, 0.1) is 17.7 Å². The van der Waals surface area contributed by atoms with Crippen molar-refractivity contribution < 1.29 is 23.9 Å². The molecule has 3 rings (SSSR count). The summed E-state index contributed by atoms with van der Waals surface area (Å²) in [5, 5.41) is 3.20. The number of thiophene rings is 1. The summed E-state index contributed by atoms with van der Waals surface area (Å²) in [5.41, 5.74) is 2.75. The van der Waals surface area contributed by atoms with Crippen molar-refractivity contribution in [1.82, 2.24) is 0 Å². The molecule has 0 radical (unpaired) electrons. The molecule has 0 saturated heterocycles. The fourth-order valence-corrected chi connectivity index (χ4v) is 4.52. The van der Waals surface area contributed by atoms with Crippen LogP contribution in [0.1, 0.15) is 56.5 Å². The second-order valence-electron chi connectivity index (χ2n) is 6.63. The van der Waals surface area contributed by atoms with Crippen LogP contribution in [0, 0.1) is 6.92 Å². The highest BCUT2D eigenvalue weighted by molar-refractivity contribution is 7.17. The number of carbonyl (C=O) groups excluding carboxylic acids is 3. The van der Waals surface area contributed by atoms with Crippen LogP contribution in [0.2, 0.25) is 0 Å². The van der Waals surface area contributed by atoms with E-state index in [1.54, 1.807) is 25.1 Å². The van der Waals surface area contributed by atoms with E-state index in [4.69, 9.17) is 9.47 Å². The number of ether oxygens (including phenoxy) is 2. The van der Waals surface area contributed by atoms with E-state index in [0.29, 0.717) is 16.1 Å². The zero-order valence-corrected chi connectivity index (χ0v) is 16.8. The minimum absolute atomic E-state index is 0.269. The summed E-state index contributed by atoms with van der Waals surface area (Å²) in [4.78, 5) is 37.9. The second kappa shape index (κ2) is 9.01. The van der Waals surface area contributed by atoms with E-state index >= 15 is 0 Å². The lowest BCUT2D eigenvalue weighted by Gasteiger charge is -2.12. The Morgan fingerprint density at radius 2 is 1.89 bits per heavy atom. The quantitative estimate of drug-likeness (QED) is 0.742. The zero-order chi connectivity index (χ0) is 20.1. The number of hydrogen-bond donors (Lipinski definition) is 1. The van der Waals surface area contributed by atoms with Gasteiger partial charge in [-0.1, -0.05) is 17.7 Å². The minimum atomic E-state index is -0.560. The summed E-state index contributed by atoms with van der Waals surface area (Å²) in [6.07, 6.45) is 3.78. The summed E-state index contributed by atoms with van der Waals surface area (Å²) >= 11 is 1.40. The van der Waals surface area contributed by atoms with Gasteiger partial charge in [-0.15, -0.1) is 11.3 Å². The SMILES string of the molecule is CCOC(=O)c1c(NC(=O)COC(=O)c2cccc(C)c2)sc2c1CCCC2. The number of anilines is 1. The molecule has 0 saturated carbocycles. The standard InChI is InChI=1S/C21H23NO5S/c1-3-26-21(25)18-15-9-4-5-10-16(15)28-19(18)22-17(23)12-27-20(24)14-8-6-7-13(2)11-14/h6-8,11H,3-5,9-10,12H2,1-2H3,(H,22,23). The Kier molecular flexibility index (Phi) is 6.46. The van der Waals surface area contributed by atoms with Gasteiger partial charge in [0, 0.05) is 4.88 Å². The van der Waals surface area contributed by atoms with Gasteiger partial charge < -0.3 is 14.8 Å². The first kappa shape index (κ1) is 20.1. The molecule has 2 aromatic rings. The lowest BCUT2D eigenvalue weighted by Crippen LogP contribution is -2.22. The number of amides is 1. The smallest absolute Gasteiger partial charge is 0.341 e. The van der Waals surface area contributed by atoms with Crippen molar-refractivity contribution in [2.45, 2.75) is 39.5 Å². The summed E-state index contributed by atoms with van der Waals surface area (Å²) in [6, 6.07) is 6.97. The summed E-state index contributed by atoms with van der Waals surface area (Å²) in [5.74, 6) is -1.46. The monoisotopic (exact) mass is 401 g/mol. The maximum absolute atomic E-state index is 12.4. The first-order valence-corrected chi connectivity index (χ1v) is 10.2. The van der Waals surface area contributed by atoms with Crippen molar-refractivity contribution in [1.29, 1.82) is 0 Å². The van der Waals surface area contributed by atoms with Gasteiger partial charge in [0.1, 0.15) is 5.00 Å². The molecule has 1 N–H and O–H groups in total. The molecular formula is C21H23NO5S. The predicted molar refractivity (Wildman–Crippen MR) is 107 cm³/mol. The minimum Gasteiger partial charge on any atom is -0.462 e. The number of nitrogens with one attached hydrogen (secondary N) is 1. The summed E-state index contributed by atoms with van der Waals surface area (Å²) in [6.45, 7) is 3.47. The Morgan fingerprint density at radius 1 is 1.11 bits per heavy atom. The number of fused-ring (bicyclic) bond motifs is 1. The molecule has 6 nitrogen and oxygen atoms in total. The van der Waals surface area contributed by atoms with E-state index in [1.807, 2.05) is 13.0 Å². The number of rotatable bonds is 6. The Labute approximate surface area is 167 Å². The molecule has 0 aliphatic heterocycles. The molecule has 0 unspecified atom stereocenters. The van der Waals surface area contributed by atoms with Crippen molar-refractivity contribution in [2.24, 2.45) is 0 Å². The van der Waals surface area contributed by atoms with Crippen LogP contribution in [0.15, 0.2) is 24.3 Å². The van der Waals surface area contributed by atoms with Crippen LogP contribution < -0.4 is 5.32 Å². The van der Waals surface area contributed by atoms with E-state index in [1.165, 1.54) is 11.3 Å². The van der Waals surface area contributed by atoms with Crippen molar-refractivity contribution in [3.05, 3.63) is 51.4 Å². The highest BCUT2D eigenvalue weighted by Gasteiger charge is 2.27. The summed E-state index contributed by atoms with van der Waals surface area (Å²) in [7, 11) is 0. The van der Waals surface area contributed by atoms with Gasteiger partial charge in [-0.2, -0.15) is 0 Å². The lowest BCUT2D eigenvalue weighted by atomic mass is 9.95. The van der Waals surface area contributed by atoms with E-state index in [-0.39, 0.29) is 6.61 Å². The lowest BCUT2D eigenvalue weighted by molar-refractivity contribution is -0.119. The van der Waals surface area contributed by atoms with Crippen LogP contribution in [-0.2, 0) is 27.1 Å². The molecule has 0 atom stereocenters. The molecule has 7 heteroatoms. The highest BCUT2D eigenvalue weighted by Crippen LogP contribution is 2.38. The Bertz CT molecular complexity index is 902.